The number of carbonyl (C=O) groups excluding carboxylic acids is 1. The minimum Gasteiger partial charge on any atom is -0.326 e. The zero-order chi connectivity index (χ0) is 15.2. The van der Waals surface area contributed by atoms with Crippen molar-refractivity contribution in [2.45, 2.75) is 58.7 Å². The van der Waals surface area contributed by atoms with Gasteiger partial charge in [-0.15, -0.1) is 0 Å². The molecule has 1 heterocycles. The average molecular weight is 288 g/mol. The van der Waals surface area contributed by atoms with Crippen LogP contribution in [-0.4, -0.2) is 29.6 Å². The SMILES string of the molecule is CCC1NC(Cc2ccccc2)C(=O)N1CCCC(C)C. The molecule has 1 amide bonds. The third-order valence-electron chi connectivity index (χ3n) is 4.20. The van der Waals surface area contributed by atoms with Crippen molar-refractivity contribution in [1.29, 1.82) is 0 Å². The predicted molar refractivity (Wildman–Crippen MR) is 86.9 cm³/mol. The molecule has 3 nitrogen and oxygen atoms in total. The molecule has 2 unspecified atom stereocenters. The molecule has 1 aromatic rings. The highest BCUT2D eigenvalue weighted by atomic mass is 16.2. The minimum absolute atomic E-state index is 0.0589. The number of amides is 1. The fraction of sp³-hybridized carbons (Fsp3) is 0.611. The van der Waals surface area contributed by atoms with Gasteiger partial charge in [-0.25, -0.2) is 0 Å². The predicted octanol–water partition coefficient (Wildman–Crippen LogP) is 3.20. The summed E-state index contributed by atoms with van der Waals surface area (Å²) in [5, 5.41) is 3.50. The molecular weight excluding hydrogens is 260 g/mol. The summed E-state index contributed by atoms with van der Waals surface area (Å²) in [5.41, 5.74) is 1.22. The van der Waals surface area contributed by atoms with Gasteiger partial charge in [-0.05, 0) is 37.2 Å². The molecule has 2 atom stereocenters. The van der Waals surface area contributed by atoms with Crippen LogP contribution in [0.1, 0.15) is 45.6 Å². The molecule has 3 heteroatoms. The summed E-state index contributed by atoms with van der Waals surface area (Å²) in [6.07, 6.45) is 4.25. The average Bonchev–Trinajstić information content (AvgIpc) is 2.76. The number of carbonyl (C=O) groups is 1. The Hall–Kier alpha value is -1.35. The molecule has 0 aromatic heterocycles. The van der Waals surface area contributed by atoms with Crippen molar-refractivity contribution in [1.82, 2.24) is 10.2 Å². The van der Waals surface area contributed by atoms with E-state index in [9.17, 15) is 4.79 Å². The monoisotopic (exact) mass is 288 g/mol. The standard InChI is InChI=1S/C18H28N2O/c1-4-17-19-16(13-15-10-6-5-7-11-15)18(21)20(17)12-8-9-14(2)3/h5-7,10-11,14,16-17,19H,4,8-9,12-13H2,1-3H3. The number of benzene rings is 1. The number of nitrogens with zero attached hydrogens (tertiary/aromatic N) is 1. The third-order valence-corrected chi connectivity index (χ3v) is 4.20. The number of hydrogen-bond acceptors (Lipinski definition) is 2. The first-order valence-electron chi connectivity index (χ1n) is 8.22. The molecular formula is C18H28N2O. The van der Waals surface area contributed by atoms with Gasteiger partial charge in [-0.3, -0.25) is 10.1 Å². The zero-order valence-corrected chi connectivity index (χ0v) is 13.5. The van der Waals surface area contributed by atoms with E-state index >= 15 is 0 Å². The second-order valence-corrected chi connectivity index (χ2v) is 6.40. The first kappa shape index (κ1) is 16.0. The van der Waals surface area contributed by atoms with E-state index in [0.717, 1.165) is 25.8 Å². The maximum absolute atomic E-state index is 12.6. The van der Waals surface area contributed by atoms with E-state index in [2.05, 4.69) is 43.1 Å². The van der Waals surface area contributed by atoms with Crippen LogP contribution in [0.4, 0.5) is 0 Å². The molecule has 0 radical (unpaired) electrons. The second-order valence-electron chi connectivity index (χ2n) is 6.40. The molecule has 0 spiro atoms. The summed E-state index contributed by atoms with van der Waals surface area (Å²) in [6, 6.07) is 10.2. The second kappa shape index (κ2) is 7.60. The molecule has 1 fully saturated rings. The highest BCUT2D eigenvalue weighted by Crippen LogP contribution is 2.18. The Balaban J connectivity index is 1.94. The van der Waals surface area contributed by atoms with Crippen molar-refractivity contribution >= 4 is 5.91 Å². The first-order chi connectivity index (χ1) is 10.1. The van der Waals surface area contributed by atoms with Crippen molar-refractivity contribution in [2.24, 2.45) is 5.92 Å². The Morgan fingerprint density at radius 1 is 1.24 bits per heavy atom. The lowest BCUT2D eigenvalue weighted by atomic mass is 10.1. The first-order valence-corrected chi connectivity index (χ1v) is 8.22. The van der Waals surface area contributed by atoms with Crippen LogP contribution in [-0.2, 0) is 11.2 Å². The van der Waals surface area contributed by atoms with Gasteiger partial charge in [0.05, 0.1) is 12.2 Å². The fourth-order valence-electron chi connectivity index (χ4n) is 3.02. The number of nitrogens with one attached hydrogen (secondary N) is 1. The summed E-state index contributed by atoms with van der Waals surface area (Å²) in [5.74, 6) is 0.977. The Bertz CT molecular complexity index is 444. The molecule has 1 aliphatic rings. The molecule has 0 saturated carbocycles. The summed E-state index contributed by atoms with van der Waals surface area (Å²) >= 11 is 0. The van der Waals surface area contributed by atoms with Gasteiger partial charge >= 0.3 is 0 Å². The highest BCUT2D eigenvalue weighted by molar-refractivity contribution is 5.84. The number of hydrogen-bond donors (Lipinski definition) is 1. The Labute approximate surface area is 128 Å². The maximum atomic E-state index is 12.6. The van der Waals surface area contributed by atoms with E-state index in [1.807, 2.05) is 18.2 Å². The lowest BCUT2D eigenvalue weighted by Crippen LogP contribution is -2.37. The molecule has 1 aliphatic heterocycles. The van der Waals surface area contributed by atoms with E-state index in [1.54, 1.807) is 0 Å². The third kappa shape index (κ3) is 4.31. The minimum atomic E-state index is -0.0589. The van der Waals surface area contributed by atoms with Gasteiger partial charge in [0, 0.05) is 6.54 Å². The molecule has 21 heavy (non-hydrogen) atoms. The lowest BCUT2D eigenvalue weighted by Gasteiger charge is -2.23. The Morgan fingerprint density at radius 2 is 1.95 bits per heavy atom. The van der Waals surface area contributed by atoms with Gasteiger partial charge < -0.3 is 4.90 Å². The van der Waals surface area contributed by atoms with Crippen molar-refractivity contribution in [3.05, 3.63) is 35.9 Å². The van der Waals surface area contributed by atoms with Gasteiger partial charge in [0.25, 0.3) is 0 Å². The number of rotatable bonds is 7. The van der Waals surface area contributed by atoms with Gasteiger partial charge in [0.15, 0.2) is 0 Å². The van der Waals surface area contributed by atoms with Crippen molar-refractivity contribution < 1.29 is 4.79 Å². The van der Waals surface area contributed by atoms with E-state index in [4.69, 9.17) is 0 Å². The fourth-order valence-corrected chi connectivity index (χ4v) is 3.02. The molecule has 1 N–H and O–H groups in total. The van der Waals surface area contributed by atoms with Crippen LogP contribution >= 0.6 is 0 Å². The van der Waals surface area contributed by atoms with Gasteiger partial charge in [-0.1, -0.05) is 51.1 Å². The van der Waals surface area contributed by atoms with Gasteiger partial charge in [-0.2, -0.15) is 0 Å². The summed E-state index contributed by atoms with van der Waals surface area (Å²) in [4.78, 5) is 14.7. The normalized spacial score (nSPS) is 22.3. The van der Waals surface area contributed by atoms with E-state index < -0.39 is 0 Å². The van der Waals surface area contributed by atoms with Crippen molar-refractivity contribution in [3.8, 4) is 0 Å². The molecule has 0 bridgehead atoms. The van der Waals surface area contributed by atoms with Crippen LogP contribution in [0.25, 0.3) is 0 Å². The van der Waals surface area contributed by atoms with Crippen LogP contribution < -0.4 is 5.32 Å². The van der Waals surface area contributed by atoms with Gasteiger partial charge in [0.1, 0.15) is 0 Å². The van der Waals surface area contributed by atoms with Crippen LogP contribution in [0.5, 0.6) is 0 Å². The molecule has 116 valence electrons. The molecule has 1 saturated heterocycles. The summed E-state index contributed by atoms with van der Waals surface area (Å²) < 4.78 is 0. The molecule has 0 aliphatic carbocycles. The van der Waals surface area contributed by atoms with Crippen LogP contribution in [0.15, 0.2) is 30.3 Å². The van der Waals surface area contributed by atoms with Crippen LogP contribution in [0.2, 0.25) is 0 Å². The van der Waals surface area contributed by atoms with Crippen LogP contribution in [0.3, 0.4) is 0 Å². The summed E-state index contributed by atoms with van der Waals surface area (Å²) in [7, 11) is 0. The maximum Gasteiger partial charge on any atom is 0.241 e. The van der Waals surface area contributed by atoms with Gasteiger partial charge in [0.2, 0.25) is 5.91 Å². The van der Waals surface area contributed by atoms with Crippen molar-refractivity contribution in [2.75, 3.05) is 6.54 Å². The van der Waals surface area contributed by atoms with E-state index in [1.165, 1.54) is 12.0 Å². The summed E-state index contributed by atoms with van der Waals surface area (Å²) in [6.45, 7) is 7.50. The Kier molecular flexibility index (Phi) is 5.80. The Morgan fingerprint density at radius 3 is 2.57 bits per heavy atom. The van der Waals surface area contributed by atoms with E-state index in [0.29, 0.717) is 5.92 Å². The largest absolute Gasteiger partial charge is 0.326 e. The lowest BCUT2D eigenvalue weighted by molar-refractivity contribution is -0.130. The van der Waals surface area contributed by atoms with E-state index in [-0.39, 0.29) is 18.1 Å². The smallest absolute Gasteiger partial charge is 0.241 e. The molecule has 1 aromatic carbocycles. The van der Waals surface area contributed by atoms with Crippen molar-refractivity contribution in [3.63, 3.8) is 0 Å². The zero-order valence-electron chi connectivity index (χ0n) is 13.5. The topological polar surface area (TPSA) is 32.3 Å². The molecule has 2 rings (SSSR count). The quantitative estimate of drug-likeness (QED) is 0.835. The highest BCUT2D eigenvalue weighted by Gasteiger charge is 2.37. The van der Waals surface area contributed by atoms with Crippen LogP contribution in [0, 0.1) is 5.92 Å².